The van der Waals surface area contributed by atoms with E-state index in [0.29, 0.717) is 12.8 Å². The molecule has 1 N–H and O–H groups in total. The second kappa shape index (κ2) is 10.1. The first-order valence-electron chi connectivity index (χ1n) is 15.8. The topological polar surface area (TPSA) is 96.4 Å². The quantitative estimate of drug-likeness (QED) is 0.321. The van der Waals surface area contributed by atoms with Gasteiger partial charge in [-0.05, 0) is 87.8 Å². The standard InChI is InChI=1S/C37H40N2O6/c1-36(2,3)44-34(42)38-28-18-26(31(38)24-14-9-7-12-20(24)28)22-16-11-17-23(30(22)33(40)41)27-19-29-21-13-8-10-15-25(21)32(27)39(29)35(43)45-37(4,5)6/h7-17,26-29,31-32H,18-19H2,1-6H3,(H,40,41)/t26-,27+,28?,29?,31?,32?. The summed E-state index contributed by atoms with van der Waals surface area (Å²) in [6, 6.07) is 20.8. The van der Waals surface area contributed by atoms with Gasteiger partial charge < -0.3 is 14.6 Å². The fourth-order valence-electron chi connectivity index (χ4n) is 8.35. The highest BCUT2D eigenvalue weighted by atomic mass is 16.6. The number of rotatable bonds is 3. The normalized spacial score (nSPS) is 26.1. The summed E-state index contributed by atoms with van der Waals surface area (Å²) in [5, 5.41) is 10.8. The number of carboxylic acids is 1. The fourth-order valence-corrected chi connectivity index (χ4v) is 8.35. The number of hydrogen-bond acceptors (Lipinski definition) is 5. The summed E-state index contributed by atoms with van der Waals surface area (Å²) in [5.41, 5.74) is 4.65. The lowest BCUT2D eigenvalue weighted by Crippen LogP contribution is -2.35. The van der Waals surface area contributed by atoms with Gasteiger partial charge in [0.2, 0.25) is 0 Å². The van der Waals surface area contributed by atoms with Crippen molar-refractivity contribution in [1.29, 1.82) is 0 Å². The first-order valence-corrected chi connectivity index (χ1v) is 15.8. The fraction of sp³-hybridized carbons (Fsp3) is 0.432. The second-order valence-corrected chi connectivity index (χ2v) is 14.8. The van der Waals surface area contributed by atoms with Crippen LogP contribution in [0.2, 0.25) is 0 Å². The SMILES string of the molecule is CC(C)(C)OC(=O)N1C2C[C@H](c3cccc([C@@H]4CC5c6ccccc6C4N5C(=O)OC(C)(C)C)c3C(=O)O)C1c1ccccc12. The van der Waals surface area contributed by atoms with E-state index in [1.807, 2.05) is 106 Å². The van der Waals surface area contributed by atoms with Crippen LogP contribution in [-0.4, -0.2) is 44.3 Å². The minimum Gasteiger partial charge on any atom is -0.478 e. The summed E-state index contributed by atoms with van der Waals surface area (Å²) in [4.78, 5) is 44.1. The Morgan fingerprint density at radius 1 is 0.600 bits per heavy atom. The third kappa shape index (κ3) is 4.68. The molecule has 3 aromatic rings. The lowest BCUT2D eigenvalue weighted by atomic mass is 9.74. The van der Waals surface area contributed by atoms with Gasteiger partial charge in [-0.2, -0.15) is 0 Å². The molecule has 0 radical (unpaired) electrons. The number of carbonyl (C=O) groups is 3. The van der Waals surface area contributed by atoms with Crippen LogP contribution >= 0.6 is 0 Å². The first-order chi connectivity index (χ1) is 21.2. The summed E-state index contributed by atoms with van der Waals surface area (Å²) in [5.74, 6) is -1.45. The maximum absolute atomic E-state index is 13.6. The molecule has 234 valence electrons. The molecule has 6 atom stereocenters. The Bertz CT molecular complexity index is 1600. The highest BCUT2D eigenvalue weighted by Gasteiger charge is 2.56. The smallest absolute Gasteiger partial charge is 0.411 e. The third-order valence-corrected chi connectivity index (χ3v) is 9.69. The van der Waals surface area contributed by atoms with Crippen molar-refractivity contribution in [2.24, 2.45) is 0 Å². The van der Waals surface area contributed by atoms with Gasteiger partial charge in [0.05, 0.1) is 29.7 Å². The largest absolute Gasteiger partial charge is 0.478 e. The molecule has 4 bridgehead atoms. The van der Waals surface area contributed by atoms with E-state index < -0.39 is 17.2 Å². The van der Waals surface area contributed by atoms with Crippen LogP contribution in [-0.2, 0) is 9.47 Å². The summed E-state index contributed by atoms with van der Waals surface area (Å²) in [6.45, 7) is 11.1. The van der Waals surface area contributed by atoms with Gasteiger partial charge in [0.25, 0.3) is 0 Å². The van der Waals surface area contributed by atoms with Crippen molar-refractivity contribution < 1.29 is 29.0 Å². The molecule has 8 nitrogen and oxygen atoms in total. The van der Waals surface area contributed by atoms with Gasteiger partial charge >= 0.3 is 18.2 Å². The number of fused-ring (bicyclic) bond motifs is 10. The molecule has 8 heteroatoms. The van der Waals surface area contributed by atoms with E-state index in [4.69, 9.17) is 9.47 Å². The Labute approximate surface area is 263 Å². The molecule has 4 aliphatic rings. The van der Waals surface area contributed by atoms with Crippen LogP contribution in [0.1, 0.15) is 134 Å². The van der Waals surface area contributed by atoms with Crippen molar-refractivity contribution in [3.05, 3.63) is 106 Å². The second-order valence-electron chi connectivity index (χ2n) is 14.8. The number of hydrogen-bond donors (Lipinski definition) is 1. The van der Waals surface area contributed by atoms with E-state index in [1.54, 1.807) is 0 Å². The van der Waals surface area contributed by atoms with Gasteiger partial charge in [-0.25, -0.2) is 14.4 Å². The molecular formula is C37H40N2O6. The Morgan fingerprint density at radius 2 is 0.956 bits per heavy atom. The van der Waals surface area contributed by atoms with Crippen molar-refractivity contribution in [3.8, 4) is 0 Å². The Balaban J connectivity index is 1.31. The van der Waals surface area contributed by atoms with Crippen molar-refractivity contribution in [1.82, 2.24) is 9.80 Å². The average Bonchev–Trinajstić information content (AvgIpc) is 3.71. The number of carbonyl (C=O) groups excluding carboxylic acids is 2. The Morgan fingerprint density at radius 3 is 1.31 bits per heavy atom. The summed E-state index contributed by atoms with van der Waals surface area (Å²) in [7, 11) is 0. The summed E-state index contributed by atoms with van der Waals surface area (Å²) >= 11 is 0. The predicted octanol–water partition coefficient (Wildman–Crippen LogP) is 8.43. The van der Waals surface area contributed by atoms with Gasteiger partial charge in [0.15, 0.2) is 0 Å². The number of amides is 2. The third-order valence-electron chi connectivity index (χ3n) is 9.69. The molecule has 45 heavy (non-hydrogen) atoms. The molecule has 0 aliphatic carbocycles. The van der Waals surface area contributed by atoms with Crippen LogP contribution < -0.4 is 0 Å². The lowest BCUT2D eigenvalue weighted by molar-refractivity contribution is 0.0162. The monoisotopic (exact) mass is 608 g/mol. The molecule has 2 fully saturated rings. The maximum Gasteiger partial charge on any atom is 0.411 e. The van der Waals surface area contributed by atoms with Crippen LogP contribution in [0.15, 0.2) is 66.7 Å². The lowest BCUT2D eigenvalue weighted by Gasteiger charge is -2.31. The highest BCUT2D eigenvalue weighted by molar-refractivity contribution is 5.92. The molecule has 3 aromatic carbocycles. The Kier molecular flexibility index (Phi) is 6.59. The van der Waals surface area contributed by atoms with E-state index in [0.717, 1.165) is 33.4 Å². The predicted molar refractivity (Wildman–Crippen MR) is 168 cm³/mol. The number of ether oxygens (including phenoxy) is 2. The summed E-state index contributed by atoms with van der Waals surface area (Å²) in [6.07, 6.45) is 0.437. The Hall–Kier alpha value is -4.33. The first kappa shape index (κ1) is 29.4. The zero-order chi connectivity index (χ0) is 32.0. The number of aromatic carboxylic acids is 1. The molecule has 2 amide bonds. The van der Waals surface area contributed by atoms with E-state index >= 15 is 0 Å². The van der Waals surface area contributed by atoms with Gasteiger partial charge in [0, 0.05) is 11.8 Å². The molecule has 4 aliphatic heterocycles. The molecule has 0 aromatic heterocycles. The van der Waals surface area contributed by atoms with E-state index in [-0.39, 0.29) is 53.8 Å². The minimum atomic E-state index is -1.000. The zero-order valence-electron chi connectivity index (χ0n) is 26.6. The van der Waals surface area contributed by atoms with Gasteiger partial charge in [-0.15, -0.1) is 0 Å². The van der Waals surface area contributed by atoms with Crippen molar-refractivity contribution in [3.63, 3.8) is 0 Å². The van der Waals surface area contributed by atoms with Gasteiger partial charge in [-0.3, -0.25) is 9.80 Å². The van der Waals surface area contributed by atoms with E-state index in [2.05, 4.69) is 12.1 Å². The van der Waals surface area contributed by atoms with Crippen LogP contribution in [0.3, 0.4) is 0 Å². The number of carboxylic acid groups (broad SMARTS) is 1. The maximum atomic E-state index is 13.6. The zero-order valence-corrected chi connectivity index (χ0v) is 26.6. The highest BCUT2D eigenvalue weighted by Crippen LogP contribution is 2.63. The molecule has 0 spiro atoms. The van der Waals surface area contributed by atoms with Crippen LogP contribution in [0, 0.1) is 0 Å². The molecule has 4 unspecified atom stereocenters. The minimum absolute atomic E-state index is 0.201. The molecule has 4 heterocycles. The van der Waals surface area contributed by atoms with Crippen LogP contribution in [0.25, 0.3) is 0 Å². The van der Waals surface area contributed by atoms with Gasteiger partial charge in [-0.1, -0.05) is 66.7 Å². The molecular weight excluding hydrogens is 568 g/mol. The van der Waals surface area contributed by atoms with E-state index in [9.17, 15) is 19.5 Å². The van der Waals surface area contributed by atoms with Crippen molar-refractivity contribution in [2.75, 3.05) is 0 Å². The average molecular weight is 609 g/mol. The molecule has 2 saturated heterocycles. The van der Waals surface area contributed by atoms with Crippen LogP contribution in [0.4, 0.5) is 9.59 Å². The molecule has 7 rings (SSSR count). The van der Waals surface area contributed by atoms with E-state index in [1.165, 1.54) is 0 Å². The number of nitrogens with zero attached hydrogens (tertiary/aromatic N) is 2. The van der Waals surface area contributed by atoms with Gasteiger partial charge in [0.1, 0.15) is 11.2 Å². The molecule has 0 saturated carbocycles. The van der Waals surface area contributed by atoms with Crippen molar-refractivity contribution in [2.45, 2.75) is 102 Å². The van der Waals surface area contributed by atoms with Crippen LogP contribution in [0.5, 0.6) is 0 Å². The van der Waals surface area contributed by atoms with Crippen molar-refractivity contribution >= 4 is 18.2 Å². The number of benzene rings is 3. The summed E-state index contributed by atoms with van der Waals surface area (Å²) < 4.78 is 11.7.